The minimum absolute atomic E-state index is 0.00513. The number of aryl methyl sites for hydroxylation is 1. The Labute approximate surface area is 182 Å². The zero-order chi connectivity index (χ0) is 21.5. The van der Waals surface area contributed by atoms with Crippen LogP contribution in [-0.4, -0.2) is 48.1 Å². The smallest absolute Gasteiger partial charge is 0.406 e. The molecule has 3 N–H and O–H groups in total. The molecule has 0 unspecified atom stereocenters. The van der Waals surface area contributed by atoms with Crippen LogP contribution < -0.4 is 10.1 Å². The van der Waals surface area contributed by atoms with E-state index in [1.807, 2.05) is 19.2 Å². The van der Waals surface area contributed by atoms with E-state index in [-0.39, 0.29) is 12.1 Å². The Balaban J connectivity index is 1.42. The topological polar surface area (TPSA) is 118 Å². The van der Waals surface area contributed by atoms with Gasteiger partial charge in [0.25, 0.3) is 0 Å². The van der Waals surface area contributed by atoms with Crippen LogP contribution in [0.3, 0.4) is 0 Å². The number of aromatic nitrogens is 5. The third-order valence-electron chi connectivity index (χ3n) is 5.62. The van der Waals surface area contributed by atoms with Crippen LogP contribution in [0.5, 0.6) is 5.75 Å². The summed E-state index contributed by atoms with van der Waals surface area (Å²) in [5.41, 5.74) is 3.06. The molecule has 0 aliphatic heterocycles. The van der Waals surface area contributed by atoms with Gasteiger partial charge in [0.1, 0.15) is 11.4 Å². The van der Waals surface area contributed by atoms with E-state index in [1.54, 1.807) is 23.1 Å². The van der Waals surface area contributed by atoms with Crippen molar-refractivity contribution in [2.24, 2.45) is 7.05 Å². The second-order valence-electron chi connectivity index (χ2n) is 7.78. The normalized spacial score (nSPS) is 19.1. The van der Waals surface area contributed by atoms with E-state index in [1.165, 1.54) is 0 Å². The van der Waals surface area contributed by atoms with Gasteiger partial charge >= 0.3 is 6.09 Å². The number of nitrogens with zero attached hydrogens (tertiary/aromatic N) is 4. The first-order chi connectivity index (χ1) is 15.0. The largest absolute Gasteiger partial charge is 0.412 e. The number of amides is 1. The fraction of sp³-hybridized carbons (Fsp3) is 0.333. The Hall–Kier alpha value is -3.17. The number of ether oxygens (including phenoxy) is 1. The van der Waals surface area contributed by atoms with Crippen LogP contribution in [-0.2, 0) is 7.05 Å². The van der Waals surface area contributed by atoms with E-state index in [4.69, 9.17) is 16.3 Å². The molecule has 1 aliphatic carbocycles. The lowest BCUT2D eigenvalue weighted by Crippen LogP contribution is -2.40. The van der Waals surface area contributed by atoms with Gasteiger partial charge in [-0.15, -0.1) is 0 Å². The summed E-state index contributed by atoms with van der Waals surface area (Å²) in [6, 6.07) is 5.54. The fourth-order valence-corrected chi connectivity index (χ4v) is 4.16. The van der Waals surface area contributed by atoms with Crippen molar-refractivity contribution in [3.8, 4) is 17.1 Å². The van der Waals surface area contributed by atoms with Gasteiger partial charge in [-0.05, 0) is 43.9 Å². The second-order valence-corrected chi connectivity index (χ2v) is 8.21. The molecule has 9 nitrogen and oxygen atoms in total. The molecule has 1 saturated carbocycles. The van der Waals surface area contributed by atoms with Crippen LogP contribution in [0.2, 0.25) is 5.02 Å². The summed E-state index contributed by atoms with van der Waals surface area (Å²) in [6.45, 7) is 0. The Kier molecular flexibility index (Phi) is 4.99. The molecule has 0 atom stereocenters. The molecule has 0 saturated heterocycles. The Morgan fingerprint density at radius 2 is 2.13 bits per heavy atom. The van der Waals surface area contributed by atoms with Gasteiger partial charge in [-0.3, -0.25) is 4.68 Å². The van der Waals surface area contributed by atoms with E-state index >= 15 is 0 Å². The van der Waals surface area contributed by atoms with Crippen LogP contribution in [0.1, 0.15) is 25.7 Å². The molecule has 0 bridgehead atoms. The number of nitrogens with one attached hydrogen (secondary N) is 2. The van der Waals surface area contributed by atoms with Crippen molar-refractivity contribution in [1.29, 1.82) is 0 Å². The van der Waals surface area contributed by atoms with Gasteiger partial charge < -0.3 is 20.1 Å². The molecule has 1 aliphatic rings. The molecule has 4 aromatic rings. The molecule has 0 spiro atoms. The van der Waals surface area contributed by atoms with E-state index in [0.717, 1.165) is 23.7 Å². The zero-order valence-electron chi connectivity index (χ0n) is 16.8. The molecular formula is C21H21ClN6O3. The monoisotopic (exact) mass is 440 g/mol. The van der Waals surface area contributed by atoms with Crippen molar-refractivity contribution < 1.29 is 14.6 Å². The quantitative estimate of drug-likeness (QED) is 0.448. The number of aromatic amines is 1. The second kappa shape index (κ2) is 7.82. The number of H-pyrrole nitrogens is 1. The minimum Gasteiger partial charge on any atom is -0.406 e. The number of aliphatic hydroxyl groups excluding tert-OH is 1. The van der Waals surface area contributed by atoms with Crippen molar-refractivity contribution in [3.05, 3.63) is 35.6 Å². The molecule has 1 amide bonds. The highest BCUT2D eigenvalue weighted by molar-refractivity contribution is 6.31. The summed E-state index contributed by atoms with van der Waals surface area (Å²) in [7, 11) is 1.84. The van der Waals surface area contributed by atoms with Gasteiger partial charge in [0.2, 0.25) is 0 Å². The van der Waals surface area contributed by atoms with Gasteiger partial charge in [-0.1, -0.05) is 11.6 Å². The molecule has 3 aromatic heterocycles. The lowest BCUT2D eigenvalue weighted by molar-refractivity contribution is 0.115. The Morgan fingerprint density at radius 1 is 1.32 bits per heavy atom. The summed E-state index contributed by atoms with van der Waals surface area (Å²) < 4.78 is 7.25. The summed E-state index contributed by atoms with van der Waals surface area (Å²) in [4.78, 5) is 24.4. The number of halogens is 1. The number of fused-ring (bicyclic) bond motifs is 2. The van der Waals surface area contributed by atoms with Crippen molar-refractivity contribution >= 4 is 39.8 Å². The maximum absolute atomic E-state index is 12.4. The van der Waals surface area contributed by atoms with Crippen LogP contribution in [0.4, 0.5) is 4.79 Å². The van der Waals surface area contributed by atoms with Crippen LogP contribution in [0, 0.1) is 0 Å². The molecule has 1 fully saturated rings. The zero-order valence-corrected chi connectivity index (χ0v) is 17.6. The van der Waals surface area contributed by atoms with Gasteiger partial charge in [0.15, 0.2) is 16.9 Å². The number of benzene rings is 1. The average Bonchev–Trinajstić information content (AvgIpc) is 3.30. The molecule has 5 rings (SSSR count). The molecule has 31 heavy (non-hydrogen) atoms. The summed E-state index contributed by atoms with van der Waals surface area (Å²) in [5, 5.41) is 18.6. The fourth-order valence-electron chi connectivity index (χ4n) is 4.00. The van der Waals surface area contributed by atoms with Gasteiger partial charge in [0.05, 0.1) is 17.8 Å². The van der Waals surface area contributed by atoms with E-state index in [0.29, 0.717) is 46.2 Å². The highest BCUT2D eigenvalue weighted by Crippen LogP contribution is 2.30. The Morgan fingerprint density at radius 3 is 2.94 bits per heavy atom. The third kappa shape index (κ3) is 3.82. The molecule has 1 aromatic carbocycles. The molecule has 3 heterocycles. The Bertz CT molecular complexity index is 1280. The SMILES string of the molecule is Cn1nc(-c2cnc3[nH]cc(OC(=O)NC4CCC(O)CC4)c3n2)c2ccc(Cl)cc21. The van der Waals surface area contributed by atoms with E-state index in [9.17, 15) is 9.90 Å². The van der Waals surface area contributed by atoms with Crippen LogP contribution in [0.15, 0.2) is 30.6 Å². The average molecular weight is 441 g/mol. The number of rotatable bonds is 3. The first-order valence-electron chi connectivity index (χ1n) is 10.1. The number of aliphatic hydroxyl groups is 1. The molecule has 0 radical (unpaired) electrons. The number of hydrogen-bond donors (Lipinski definition) is 3. The highest BCUT2D eigenvalue weighted by atomic mass is 35.5. The summed E-state index contributed by atoms with van der Waals surface area (Å²) in [6.07, 6.45) is 5.17. The van der Waals surface area contributed by atoms with E-state index in [2.05, 4.69) is 25.4 Å². The standard InChI is InChI=1S/C21H21ClN6O3/c1-28-16-8-11(22)2-7-14(16)18(27-28)15-9-23-20-19(26-15)17(10-24-20)31-21(30)25-12-3-5-13(29)6-4-12/h2,7-10,12-13,29H,3-6H2,1H3,(H,23,24)(H,25,30). The maximum atomic E-state index is 12.4. The summed E-state index contributed by atoms with van der Waals surface area (Å²) in [5.74, 6) is 0.293. The number of carbonyl (C=O) groups excluding carboxylic acids is 1. The van der Waals surface area contributed by atoms with Crippen molar-refractivity contribution in [2.75, 3.05) is 0 Å². The van der Waals surface area contributed by atoms with E-state index < -0.39 is 6.09 Å². The predicted molar refractivity (Wildman–Crippen MR) is 116 cm³/mol. The van der Waals surface area contributed by atoms with Crippen molar-refractivity contribution in [2.45, 2.75) is 37.8 Å². The van der Waals surface area contributed by atoms with Gasteiger partial charge in [-0.2, -0.15) is 5.10 Å². The van der Waals surface area contributed by atoms with Crippen LogP contribution in [0.25, 0.3) is 33.5 Å². The predicted octanol–water partition coefficient (Wildman–Crippen LogP) is 3.56. The summed E-state index contributed by atoms with van der Waals surface area (Å²) >= 11 is 6.12. The van der Waals surface area contributed by atoms with Gasteiger partial charge in [0, 0.05) is 29.7 Å². The lowest BCUT2D eigenvalue weighted by atomic mass is 9.93. The van der Waals surface area contributed by atoms with Crippen molar-refractivity contribution in [1.82, 2.24) is 30.0 Å². The first kappa shape index (κ1) is 19.8. The highest BCUT2D eigenvalue weighted by Gasteiger charge is 2.22. The molecular weight excluding hydrogens is 420 g/mol. The van der Waals surface area contributed by atoms with Gasteiger partial charge in [-0.25, -0.2) is 14.8 Å². The molecule has 160 valence electrons. The molecule has 10 heteroatoms. The number of hydrogen-bond acceptors (Lipinski definition) is 6. The first-order valence-corrected chi connectivity index (χ1v) is 10.5. The minimum atomic E-state index is -0.549. The van der Waals surface area contributed by atoms with Crippen LogP contribution >= 0.6 is 11.6 Å². The lowest BCUT2D eigenvalue weighted by Gasteiger charge is -2.25. The number of carbonyl (C=O) groups is 1. The third-order valence-corrected chi connectivity index (χ3v) is 5.86. The van der Waals surface area contributed by atoms with Crippen molar-refractivity contribution in [3.63, 3.8) is 0 Å². The maximum Gasteiger partial charge on any atom is 0.412 e.